The van der Waals surface area contributed by atoms with Crippen LogP contribution in [-0.4, -0.2) is 37.6 Å². The highest BCUT2D eigenvalue weighted by Crippen LogP contribution is 2.18. The molecule has 1 N–H and O–H groups in total. The Balaban J connectivity index is 1.77. The quantitative estimate of drug-likeness (QED) is 0.891. The first-order valence-electron chi connectivity index (χ1n) is 7.73. The van der Waals surface area contributed by atoms with E-state index in [9.17, 15) is 4.39 Å². The number of nitrogens with zero attached hydrogens (tertiary/aromatic N) is 1. The van der Waals surface area contributed by atoms with Gasteiger partial charge in [-0.1, -0.05) is 6.07 Å². The van der Waals surface area contributed by atoms with Crippen molar-refractivity contribution in [2.75, 3.05) is 26.7 Å². The van der Waals surface area contributed by atoms with Gasteiger partial charge in [0.2, 0.25) is 0 Å². The summed E-state index contributed by atoms with van der Waals surface area (Å²) in [4.78, 5) is 2.43. The molecule has 0 saturated carbocycles. The van der Waals surface area contributed by atoms with Crippen molar-refractivity contribution in [3.8, 4) is 0 Å². The summed E-state index contributed by atoms with van der Waals surface area (Å²) in [5.41, 5.74) is 2.30. The van der Waals surface area contributed by atoms with Crippen molar-refractivity contribution in [3.63, 3.8) is 0 Å². The molecule has 0 spiro atoms. The van der Waals surface area contributed by atoms with Gasteiger partial charge in [-0.2, -0.15) is 0 Å². The topological polar surface area (TPSA) is 15.3 Å². The van der Waals surface area contributed by atoms with Gasteiger partial charge in [-0.05, 0) is 82.4 Å². The van der Waals surface area contributed by atoms with Gasteiger partial charge in [0.15, 0.2) is 0 Å². The minimum absolute atomic E-state index is 0.141. The highest BCUT2D eigenvalue weighted by molar-refractivity contribution is 5.26. The molecule has 0 radical (unpaired) electrons. The van der Waals surface area contributed by atoms with Gasteiger partial charge in [0.25, 0.3) is 0 Å². The first kappa shape index (κ1) is 15.5. The minimum Gasteiger partial charge on any atom is -0.314 e. The van der Waals surface area contributed by atoms with E-state index >= 15 is 0 Å². The molecule has 20 heavy (non-hydrogen) atoms. The van der Waals surface area contributed by atoms with Crippen LogP contribution in [0.25, 0.3) is 0 Å². The maximum atomic E-state index is 13.1. The van der Waals surface area contributed by atoms with E-state index < -0.39 is 0 Å². The molecule has 3 heteroatoms. The standard InChI is InChI=1S/C17H27FN2/c1-13-11-17(18)7-6-15(13)8-9-19-14(2)16-5-4-10-20(3)12-16/h6-7,11,14,16,19H,4-5,8-10,12H2,1-3H3. The molecule has 2 nitrogen and oxygen atoms in total. The monoisotopic (exact) mass is 278 g/mol. The molecular weight excluding hydrogens is 251 g/mol. The molecule has 1 fully saturated rings. The number of aryl methyl sites for hydroxylation is 1. The van der Waals surface area contributed by atoms with Crippen LogP contribution in [0.3, 0.4) is 0 Å². The third kappa shape index (κ3) is 4.29. The molecule has 2 atom stereocenters. The number of halogens is 1. The van der Waals surface area contributed by atoms with E-state index in [0.29, 0.717) is 6.04 Å². The van der Waals surface area contributed by atoms with E-state index in [1.165, 1.54) is 31.5 Å². The van der Waals surface area contributed by atoms with E-state index in [4.69, 9.17) is 0 Å². The molecule has 1 saturated heterocycles. The fraction of sp³-hybridized carbons (Fsp3) is 0.647. The normalized spacial score (nSPS) is 21.9. The molecule has 1 aromatic carbocycles. The second-order valence-electron chi connectivity index (χ2n) is 6.23. The van der Waals surface area contributed by atoms with Crippen molar-refractivity contribution in [1.29, 1.82) is 0 Å². The number of hydrogen-bond acceptors (Lipinski definition) is 2. The molecule has 1 aliphatic rings. The zero-order chi connectivity index (χ0) is 14.5. The lowest BCUT2D eigenvalue weighted by Crippen LogP contribution is -2.43. The van der Waals surface area contributed by atoms with Crippen molar-refractivity contribution in [3.05, 3.63) is 35.1 Å². The zero-order valence-electron chi connectivity index (χ0n) is 13.0. The summed E-state index contributed by atoms with van der Waals surface area (Å²) in [5, 5.41) is 3.64. The van der Waals surface area contributed by atoms with Crippen LogP contribution >= 0.6 is 0 Å². The van der Waals surface area contributed by atoms with Crippen molar-refractivity contribution >= 4 is 0 Å². The van der Waals surface area contributed by atoms with Crippen molar-refractivity contribution in [2.45, 2.75) is 39.2 Å². The molecular formula is C17H27FN2. The molecule has 112 valence electrons. The number of hydrogen-bond donors (Lipinski definition) is 1. The molecule has 0 bridgehead atoms. The molecule has 2 unspecified atom stereocenters. The Morgan fingerprint density at radius 2 is 2.25 bits per heavy atom. The van der Waals surface area contributed by atoms with Crippen molar-refractivity contribution in [2.24, 2.45) is 5.92 Å². The summed E-state index contributed by atoms with van der Waals surface area (Å²) < 4.78 is 13.1. The third-order valence-electron chi connectivity index (χ3n) is 4.53. The Morgan fingerprint density at radius 3 is 2.95 bits per heavy atom. The summed E-state index contributed by atoms with van der Waals surface area (Å²) in [6.07, 6.45) is 3.61. The molecule has 0 aromatic heterocycles. The summed E-state index contributed by atoms with van der Waals surface area (Å²) in [6.45, 7) is 7.68. The SMILES string of the molecule is Cc1cc(F)ccc1CCNC(C)C1CCCN(C)C1. The maximum absolute atomic E-state index is 13.1. The lowest BCUT2D eigenvalue weighted by molar-refractivity contribution is 0.179. The average Bonchev–Trinajstić information content (AvgIpc) is 2.41. The van der Waals surface area contributed by atoms with Gasteiger partial charge in [-0.15, -0.1) is 0 Å². The Hall–Kier alpha value is -0.930. The number of rotatable bonds is 5. The Kier molecular flexibility index (Phi) is 5.55. The first-order chi connectivity index (χ1) is 9.56. The number of nitrogens with one attached hydrogen (secondary N) is 1. The largest absolute Gasteiger partial charge is 0.314 e. The molecule has 1 aliphatic heterocycles. The molecule has 2 rings (SSSR count). The van der Waals surface area contributed by atoms with Crippen LogP contribution in [0.15, 0.2) is 18.2 Å². The summed E-state index contributed by atoms with van der Waals surface area (Å²) in [5.74, 6) is 0.612. The van der Waals surface area contributed by atoms with Crippen LogP contribution < -0.4 is 5.32 Å². The number of benzene rings is 1. The van der Waals surface area contributed by atoms with E-state index in [-0.39, 0.29) is 5.82 Å². The third-order valence-corrected chi connectivity index (χ3v) is 4.53. The van der Waals surface area contributed by atoms with Crippen LogP contribution in [-0.2, 0) is 6.42 Å². The van der Waals surface area contributed by atoms with Gasteiger partial charge in [-0.3, -0.25) is 0 Å². The first-order valence-corrected chi connectivity index (χ1v) is 7.73. The van der Waals surface area contributed by atoms with Crippen LogP contribution in [0.4, 0.5) is 4.39 Å². The van der Waals surface area contributed by atoms with E-state index in [1.54, 1.807) is 12.1 Å². The van der Waals surface area contributed by atoms with Crippen molar-refractivity contribution in [1.82, 2.24) is 10.2 Å². The van der Waals surface area contributed by atoms with Crippen LogP contribution in [0.5, 0.6) is 0 Å². The Labute approximate surface area is 122 Å². The Morgan fingerprint density at radius 1 is 1.45 bits per heavy atom. The Bertz CT molecular complexity index is 433. The lowest BCUT2D eigenvalue weighted by atomic mass is 9.92. The van der Waals surface area contributed by atoms with Crippen LogP contribution in [0.1, 0.15) is 30.9 Å². The summed E-state index contributed by atoms with van der Waals surface area (Å²) in [6, 6.07) is 5.64. The predicted molar refractivity (Wildman–Crippen MR) is 82.5 cm³/mol. The fourth-order valence-electron chi connectivity index (χ4n) is 3.16. The average molecular weight is 278 g/mol. The molecule has 1 heterocycles. The van der Waals surface area contributed by atoms with Gasteiger partial charge in [0.1, 0.15) is 5.82 Å². The zero-order valence-corrected chi connectivity index (χ0v) is 13.0. The summed E-state index contributed by atoms with van der Waals surface area (Å²) >= 11 is 0. The fourth-order valence-corrected chi connectivity index (χ4v) is 3.16. The molecule has 1 aromatic rings. The number of likely N-dealkylation sites (tertiary alicyclic amines) is 1. The second kappa shape index (κ2) is 7.19. The van der Waals surface area contributed by atoms with Gasteiger partial charge < -0.3 is 10.2 Å². The van der Waals surface area contributed by atoms with Crippen molar-refractivity contribution < 1.29 is 4.39 Å². The van der Waals surface area contributed by atoms with Crippen LogP contribution in [0, 0.1) is 18.7 Å². The van der Waals surface area contributed by atoms with E-state index in [1.807, 2.05) is 13.0 Å². The lowest BCUT2D eigenvalue weighted by Gasteiger charge is -2.34. The van der Waals surface area contributed by atoms with E-state index in [0.717, 1.165) is 24.4 Å². The van der Waals surface area contributed by atoms with E-state index in [2.05, 4.69) is 24.2 Å². The van der Waals surface area contributed by atoms with Gasteiger partial charge in [-0.25, -0.2) is 4.39 Å². The minimum atomic E-state index is -0.141. The van der Waals surface area contributed by atoms with Gasteiger partial charge >= 0.3 is 0 Å². The van der Waals surface area contributed by atoms with Gasteiger partial charge in [0, 0.05) is 12.6 Å². The van der Waals surface area contributed by atoms with Crippen LogP contribution in [0.2, 0.25) is 0 Å². The number of piperidine rings is 1. The predicted octanol–water partition coefficient (Wildman–Crippen LogP) is 3.00. The highest BCUT2D eigenvalue weighted by Gasteiger charge is 2.22. The summed E-state index contributed by atoms with van der Waals surface area (Å²) in [7, 11) is 2.21. The maximum Gasteiger partial charge on any atom is 0.123 e. The second-order valence-corrected chi connectivity index (χ2v) is 6.23. The smallest absolute Gasteiger partial charge is 0.123 e. The van der Waals surface area contributed by atoms with Gasteiger partial charge in [0.05, 0.1) is 0 Å². The molecule has 0 aliphatic carbocycles. The molecule has 0 amide bonds. The highest BCUT2D eigenvalue weighted by atomic mass is 19.1.